The van der Waals surface area contributed by atoms with Crippen LogP contribution in [0.3, 0.4) is 0 Å². The van der Waals surface area contributed by atoms with Crippen LogP contribution in [0.2, 0.25) is 0 Å². The van der Waals surface area contributed by atoms with E-state index in [1.165, 1.54) is 20.4 Å². The van der Waals surface area contributed by atoms with Gasteiger partial charge in [-0.2, -0.15) is 0 Å². The molecule has 2 fully saturated rings. The molecular weight excluding hydrogens is 688 g/mol. The highest BCUT2D eigenvalue weighted by Gasteiger charge is 2.33. The Morgan fingerprint density at radius 1 is 0.706 bits per heavy atom. The molecule has 2 rings (SSSR count). The molecule has 0 aromatic heterocycles. The summed E-state index contributed by atoms with van der Waals surface area (Å²) in [4.78, 5) is 0. The summed E-state index contributed by atoms with van der Waals surface area (Å²) in [7, 11) is 5.06. The zero-order chi connectivity index (χ0) is 44.8. The normalized spacial score (nSPS) is 25.5. The van der Waals surface area contributed by atoms with Gasteiger partial charge in [-0.15, -0.1) is 0 Å². The van der Waals surface area contributed by atoms with Crippen molar-refractivity contribution in [2.75, 3.05) is 67.1 Å². The third-order valence-electron chi connectivity index (χ3n) is 7.68. The van der Waals surface area contributed by atoms with Gasteiger partial charge < -0.3 is 38.8 Å². The molecule has 51 heavy (non-hydrogen) atoms. The Labute approximate surface area is 327 Å². The fraction of sp³-hybridized carbons (Fsp3) is 1.00. The maximum atomic E-state index is 8.99. The average molecular weight is 786 g/mol. The van der Waals surface area contributed by atoms with E-state index in [2.05, 4.69) is 107 Å². The number of aliphatic hydroxyl groups excluding tert-OH is 3. The molecule has 0 spiro atoms. The summed E-state index contributed by atoms with van der Waals surface area (Å²) in [5.41, 5.74) is 0. The van der Waals surface area contributed by atoms with Crippen LogP contribution in [0.1, 0.15) is 128 Å². The van der Waals surface area contributed by atoms with E-state index in [9.17, 15) is 0 Å². The van der Waals surface area contributed by atoms with E-state index in [0.29, 0.717) is 49.1 Å². The Morgan fingerprint density at radius 3 is 1.43 bits per heavy atom. The van der Waals surface area contributed by atoms with Gasteiger partial charge in [0.15, 0.2) is 0 Å². The van der Waals surface area contributed by atoms with Gasteiger partial charge in [-0.25, -0.2) is 0 Å². The van der Waals surface area contributed by atoms with E-state index < -0.39 is 33.7 Å². The average Bonchev–Trinajstić information content (AvgIpc) is 3.63. The highest BCUT2D eigenvalue weighted by atomic mass is 31.2. The van der Waals surface area contributed by atoms with Crippen LogP contribution in [0, 0.1) is 0 Å². The van der Waals surface area contributed by atoms with Gasteiger partial charge in [0.1, 0.15) is 8.30 Å². The molecule has 0 aromatic carbocycles. The molecule has 2 aliphatic heterocycles. The third-order valence-corrected chi connectivity index (χ3v) is 14.0. The second kappa shape index (κ2) is 33.7. The number of aliphatic hydroxyl groups is 3. The van der Waals surface area contributed by atoms with Crippen molar-refractivity contribution in [1.29, 1.82) is 2.86 Å². The molecule has 0 radical (unpaired) electrons. The first-order valence-corrected chi connectivity index (χ1v) is 21.5. The second-order valence-corrected chi connectivity index (χ2v) is 17.9. The van der Waals surface area contributed by atoms with E-state index in [1.54, 1.807) is 14.2 Å². The molecule has 0 aromatic rings. The summed E-state index contributed by atoms with van der Waals surface area (Å²) >= 11 is 0. The van der Waals surface area contributed by atoms with E-state index in [0.717, 1.165) is 32.2 Å². The maximum Gasteiger partial charge on any atom is 0.210 e. The predicted molar refractivity (Wildman–Crippen MR) is 220 cm³/mol. The van der Waals surface area contributed by atoms with Crippen molar-refractivity contribution in [3.8, 4) is 0 Å². The molecule has 312 valence electrons. The summed E-state index contributed by atoms with van der Waals surface area (Å²) in [6.07, 6.45) is 3.79. The third kappa shape index (κ3) is 23.8. The lowest BCUT2D eigenvalue weighted by Crippen LogP contribution is -2.43. The molecular formula is C38H87N3O8P2. The minimum Gasteiger partial charge on any atom is -0.400 e. The SMILES string of the molecule is COCCCP(N(C(C)C)C(C)C)N(C(C)C)C(C)C.[2H]C[C@H]1O[C@H]([3H])C[C@@H]1O.[2H]C[C@H]1O[C@H]([3H])C[C@@H]1OP(CCCOC)N(C(C)C)C(C)C.[3H]OC.[3H]OC. The van der Waals surface area contributed by atoms with Crippen LogP contribution in [0.25, 0.3) is 0 Å². The highest BCUT2D eigenvalue weighted by molar-refractivity contribution is 7.52. The molecule has 1 unspecified atom stereocenters. The summed E-state index contributed by atoms with van der Waals surface area (Å²) in [6.45, 7) is 28.0. The second-order valence-electron chi connectivity index (χ2n) is 13.9. The van der Waals surface area contributed by atoms with Gasteiger partial charge in [-0.1, -0.05) is 0 Å². The lowest BCUT2D eigenvalue weighted by Gasteiger charge is -2.47. The molecule has 2 heterocycles. The summed E-state index contributed by atoms with van der Waals surface area (Å²) in [5.74, 6) is 0. The maximum absolute atomic E-state index is 8.99. The van der Waals surface area contributed by atoms with Crippen LogP contribution in [-0.4, -0.2) is 160 Å². The van der Waals surface area contributed by atoms with Crippen molar-refractivity contribution >= 4 is 16.5 Å². The summed E-state index contributed by atoms with van der Waals surface area (Å²) in [6, 6.07) is 3.15. The first-order valence-electron chi connectivity index (χ1n) is 22.0. The molecule has 0 aliphatic carbocycles. The lowest BCUT2D eigenvalue weighted by atomic mass is 10.2. The van der Waals surface area contributed by atoms with Gasteiger partial charge in [0.05, 0.1) is 27.2 Å². The van der Waals surface area contributed by atoms with Gasteiger partial charge in [0.25, 0.3) is 0 Å². The standard InChI is InChI=1S/C16H37N2OP.C15H32NO3P.C5H10O2.2CH4O/c1-13(2)17(14(3)4)20(12-10-11-19-9)18(15(5)6)16(7)8;1-12(2)16(13(3)4)20(11-7-9-17-6)19-15-8-10-18-14(15)5;1-4-5(6)2-3-7-4;2*1-2/h13-16H,10-12H2,1-9H3;12-15H,7-11H2,1-6H3;4-6H,2-3H2,1H3;2*2H,1H3/t;14-,15+,20?;4-,5+;;/m.11../s1/i;5D,10T;1D,3T;2*2T/t;10-,14-,15+,20?;3-,4-,5+;;. The Morgan fingerprint density at radius 2 is 1.10 bits per heavy atom. The van der Waals surface area contributed by atoms with Gasteiger partial charge in [-0.05, 0) is 129 Å². The molecule has 11 nitrogen and oxygen atoms in total. The van der Waals surface area contributed by atoms with Crippen LogP contribution < -0.4 is 0 Å². The van der Waals surface area contributed by atoms with Gasteiger partial charge in [0, 0.05) is 108 Å². The highest BCUT2D eigenvalue weighted by Crippen LogP contribution is 2.50. The number of hydrogen-bond donors (Lipinski definition) is 3. The quantitative estimate of drug-likeness (QED) is 0.0889. The van der Waals surface area contributed by atoms with Gasteiger partial charge in [-0.3, -0.25) is 14.0 Å². The van der Waals surface area contributed by atoms with E-state index in [4.69, 9.17) is 36.9 Å². The van der Waals surface area contributed by atoms with Crippen molar-refractivity contribution in [3.63, 3.8) is 0 Å². The predicted octanol–water partition coefficient (Wildman–Crippen LogP) is 7.59. The minimum atomic E-state index is -0.770. The van der Waals surface area contributed by atoms with E-state index in [-0.39, 0.29) is 34.2 Å². The Kier molecular flexibility index (Phi) is 29.2. The summed E-state index contributed by atoms with van der Waals surface area (Å²) in [5, 5.41) is 16.0. The minimum absolute atomic E-state index is 0.0521. The van der Waals surface area contributed by atoms with Crippen molar-refractivity contribution < 1.29 is 44.3 Å². The topological polar surface area (TPSA) is 117 Å². The Hall–Kier alpha value is 0.420. The van der Waals surface area contributed by atoms with Crippen molar-refractivity contribution in [1.82, 2.24) is 14.0 Å². The molecule has 13 heteroatoms. The van der Waals surface area contributed by atoms with Crippen LogP contribution >= 0.6 is 16.5 Å². The fourth-order valence-corrected chi connectivity index (χ4v) is 11.6. The molecule has 0 amide bonds. The van der Waals surface area contributed by atoms with Crippen LogP contribution in [0.4, 0.5) is 0 Å². The van der Waals surface area contributed by atoms with Crippen LogP contribution in [0.5, 0.6) is 0 Å². The van der Waals surface area contributed by atoms with Gasteiger partial charge >= 0.3 is 0 Å². The molecule has 0 saturated carbocycles. The van der Waals surface area contributed by atoms with Crippen molar-refractivity contribution in [2.45, 2.75) is 183 Å². The molecule has 0 bridgehead atoms. The summed E-state index contributed by atoms with van der Waals surface area (Å²) < 4.78 is 75.7. The zero-order valence-electron chi connectivity index (χ0n) is 41.5. The van der Waals surface area contributed by atoms with Gasteiger partial charge in [0.2, 0.25) is 2.86 Å². The monoisotopic (exact) mass is 786 g/mol. The van der Waals surface area contributed by atoms with Crippen molar-refractivity contribution in [3.05, 3.63) is 0 Å². The molecule has 7 atom stereocenters. The lowest BCUT2D eigenvalue weighted by molar-refractivity contribution is 0.0556. The zero-order valence-corrected chi connectivity index (χ0v) is 37.3. The first kappa shape index (κ1) is 44.1. The number of ether oxygens (including phenoxy) is 4. The largest absolute Gasteiger partial charge is 0.400 e. The smallest absolute Gasteiger partial charge is 0.210 e. The Bertz CT molecular complexity index is 857. The van der Waals surface area contributed by atoms with Crippen molar-refractivity contribution in [2.24, 2.45) is 0 Å². The molecule has 3 N–H and O–H groups in total. The van der Waals surface area contributed by atoms with E-state index in [1.807, 2.05) is 0 Å². The number of rotatable bonds is 19. The molecule has 2 saturated heterocycles. The number of nitrogens with zero attached hydrogens (tertiary/aromatic N) is 3. The van der Waals surface area contributed by atoms with Crippen LogP contribution in [0.15, 0.2) is 0 Å². The fourth-order valence-electron chi connectivity index (χ4n) is 5.94. The van der Waals surface area contributed by atoms with Crippen LogP contribution in [-0.2, 0) is 23.5 Å². The van der Waals surface area contributed by atoms with E-state index >= 15 is 0 Å². The Balaban J connectivity index is -0.000000758. The number of hydrogen-bond acceptors (Lipinski definition) is 11. The number of methoxy groups -OCH3 is 2. The molecule has 2 aliphatic rings. The first-order chi connectivity index (χ1) is 26.7.